The number of hydrogen-bond donors (Lipinski definition) is 23. The number of nitrogens with one attached hydrogen (secondary N) is 16. The highest BCUT2D eigenvalue weighted by molar-refractivity contribution is 6.01. The average molecular weight is 1600 g/mol. The third kappa shape index (κ3) is 32.5. The lowest BCUT2D eigenvalue weighted by molar-refractivity contribution is -0.142. The van der Waals surface area contributed by atoms with E-state index in [1.807, 2.05) is 0 Å². The molecule has 0 radical (unpaired) electrons. The van der Waals surface area contributed by atoms with Gasteiger partial charge in [-0.2, -0.15) is 0 Å². The molecule has 27 N–H and O–H groups in total. The number of imidazole rings is 1. The van der Waals surface area contributed by atoms with Crippen LogP contribution >= 0.6 is 0 Å². The first-order valence-electron chi connectivity index (χ1n) is 37.1. The van der Waals surface area contributed by atoms with Crippen molar-refractivity contribution in [3.63, 3.8) is 0 Å². The summed E-state index contributed by atoms with van der Waals surface area (Å²) in [6, 6.07) is -4.87. The molecule has 0 saturated carbocycles. The smallest absolute Gasteiger partial charge is 0.303 e. The molecule has 1 aromatic heterocycles. The van der Waals surface area contributed by atoms with Crippen molar-refractivity contribution in [2.24, 2.45) is 28.9 Å². The molecular weight excluding hydrogens is 1490 g/mol. The number of nitrogens with zero attached hydrogens (tertiary/aromatic N) is 2. The van der Waals surface area contributed by atoms with E-state index >= 15 is 0 Å². The molecule has 13 atom stereocenters. The highest BCUT2D eigenvalue weighted by Crippen LogP contribution is 2.21. The molecule has 42 nitrogen and oxygen atoms in total. The molecule has 1 unspecified atom stereocenters. The molecule has 3 aromatic rings. The minimum absolute atomic E-state index is 0.00629. The van der Waals surface area contributed by atoms with Crippen LogP contribution in [0.5, 0.6) is 5.75 Å². The van der Waals surface area contributed by atoms with E-state index in [4.69, 9.17) is 28.3 Å². The van der Waals surface area contributed by atoms with Gasteiger partial charge in [0.2, 0.25) is 94.5 Å². The largest absolute Gasteiger partial charge is 0.508 e. The SMILES string of the molecule is CCC(NC(=O)[C@H](CO)NC(=O)CNC(=O)[C@H](Cc1c[nH]cn1)NC(=O)[C@H](CCCNC(=N)N)NC(=O)[C@H](C)NC(=O)[C@H](CCCCN)NC(=O)[C@H](CCC(=O)O)NC(C)=O)C(=O)N[C@@H](CC(N)=O)C(=O)N[C@@H](Cc1ccc(O)cc1)C(=O)N[C@H](C(=O)N[C@@H](Cc1ccccc1)C(=O)N1CCC[C@H]1C(=O)N[C@@H](C)C(N)=O)C(C)C. The van der Waals surface area contributed by atoms with Crippen LogP contribution in [0.4, 0.5) is 0 Å². The Morgan fingerprint density at radius 1 is 0.570 bits per heavy atom. The summed E-state index contributed by atoms with van der Waals surface area (Å²) in [6.07, 6.45) is 1.18. The van der Waals surface area contributed by atoms with Crippen molar-refractivity contribution in [1.29, 1.82) is 5.41 Å². The Balaban J connectivity index is 1.49. The van der Waals surface area contributed by atoms with Crippen molar-refractivity contribution < 1.29 is 96.8 Å². The van der Waals surface area contributed by atoms with Crippen LogP contribution < -0.4 is 97.4 Å². The number of aliphatic hydroxyl groups excluding tert-OH is 1. The second-order valence-corrected chi connectivity index (χ2v) is 27.6. The maximum atomic E-state index is 14.6. The fraction of sp³-hybridized carbons (Fsp3) is 0.542. The van der Waals surface area contributed by atoms with Crippen molar-refractivity contribution >= 4 is 106 Å². The van der Waals surface area contributed by atoms with Gasteiger partial charge in [0.1, 0.15) is 84.3 Å². The Hall–Kier alpha value is -12.4. The number of carbonyl (C=O) groups is 17. The van der Waals surface area contributed by atoms with Crippen molar-refractivity contribution in [1.82, 2.24) is 89.3 Å². The fourth-order valence-electron chi connectivity index (χ4n) is 11.8. The van der Waals surface area contributed by atoms with Gasteiger partial charge >= 0.3 is 5.97 Å². The Morgan fingerprint density at radius 2 is 1.11 bits per heavy atom. The zero-order chi connectivity index (χ0) is 84.9. The Morgan fingerprint density at radius 3 is 1.68 bits per heavy atom. The number of primary amides is 2. The number of carbonyl (C=O) groups excluding carboxylic acids is 16. The van der Waals surface area contributed by atoms with Crippen LogP contribution in [0.1, 0.15) is 129 Å². The van der Waals surface area contributed by atoms with Crippen molar-refractivity contribution in [2.75, 3.05) is 32.8 Å². The number of phenolic OH excluding ortho intramolecular Hbond substituents is 1. The van der Waals surface area contributed by atoms with Crippen LogP contribution in [0.15, 0.2) is 67.1 Å². The number of aromatic amines is 1. The van der Waals surface area contributed by atoms with E-state index in [-0.39, 0.29) is 88.9 Å². The number of amides is 16. The predicted octanol–water partition coefficient (Wildman–Crippen LogP) is -7.20. The molecule has 42 heteroatoms. The number of aliphatic carboxylic acids is 1. The van der Waals surface area contributed by atoms with Crippen LogP contribution in [0.3, 0.4) is 0 Å². The number of phenols is 1. The number of H-pyrrole nitrogens is 1. The number of aromatic nitrogens is 2. The highest BCUT2D eigenvalue weighted by Gasteiger charge is 2.41. The van der Waals surface area contributed by atoms with Crippen molar-refractivity contribution in [3.05, 3.63) is 83.9 Å². The van der Waals surface area contributed by atoms with Gasteiger partial charge < -0.3 is 123 Å². The third-order valence-electron chi connectivity index (χ3n) is 18.0. The predicted molar refractivity (Wildman–Crippen MR) is 406 cm³/mol. The molecule has 2 aromatic carbocycles. The second-order valence-electron chi connectivity index (χ2n) is 27.6. The summed E-state index contributed by atoms with van der Waals surface area (Å²) in [5.74, 6) is -17.5. The van der Waals surface area contributed by atoms with Gasteiger partial charge in [-0.25, -0.2) is 4.98 Å². The number of hydrogen-bond acceptors (Lipinski definition) is 22. The Kier molecular flexibility index (Phi) is 39.4. The summed E-state index contributed by atoms with van der Waals surface area (Å²) in [5.41, 5.74) is 23.2. The second kappa shape index (κ2) is 47.8. The number of likely N-dealkylation sites (tertiary alicyclic amines) is 1. The normalized spacial score (nSPS) is 15.5. The standard InChI is InChI=1S/C72H108N22O20/c1-7-45(62(105)91-51(32-55(74)98)66(109)89-49(29-42-20-22-44(97)23-21-42)67(110)93-58(37(2)3)70(113)92-52(30-41-15-9-8-10-16-41)71(114)94-28-14-19-54(94)69(112)82-38(4)59(75)102)86-68(111)53(35-95)85-56(99)34-80-61(104)50(31-43-33-78-36-81-43)90-64(107)47(18-13-27-79-72(76)77)87-60(103)39(5)83-63(106)46(17-11-12-26-73)88-65(108)48(84-40(6)96)24-25-57(100)101/h8-10,15-16,20-23,33,36-39,45-54,58,95,97H,7,11-14,17-19,24-32,34-35,73H2,1-6H3,(H2,74,98)(H2,75,102)(H,78,81)(H,80,104)(H,82,112)(H,83,106)(H,84,96)(H,85,99)(H,86,111)(H,87,103)(H,88,108)(H,89,109)(H,90,107)(H,91,105)(H,92,113)(H,93,110)(H,100,101)(H4,76,77,79)/t38-,39-,45?,46-,47-,48-,49-,50-,51-,52-,53-,54-,58-/m0/s1. The van der Waals surface area contributed by atoms with Crippen LogP contribution in [0, 0.1) is 11.3 Å². The molecule has 1 saturated heterocycles. The number of nitrogens with two attached hydrogens (primary N) is 4. The molecule has 1 aliphatic rings. The number of benzene rings is 2. The lowest BCUT2D eigenvalue weighted by Gasteiger charge is -2.31. The van der Waals surface area contributed by atoms with E-state index in [9.17, 15) is 96.8 Å². The van der Waals surface area contributed by atoms with E-state index < -0.39 is 217 Å². The maximum Gasteiger partial charge on any atom is 0.303 e. The number of guanidine groups is 1. The summed E-state index contributed by atoms with van der Waals surface area (Å²) in [6.45, 7) is 6.67. The number of rotatable bonds is 49. The minimum Gasteiger partial charge on any atom is -0.508 e. The average Bonchev–Trinajstić information content (AvgIpc) is 1.62. The van der Waals surface area contributed by atoms with E-state index in [1.165, 1.54) is 62.5 Å². The van der Waals surface area contributed by atoms with Gasteiger partial charge in [-0.1, -0.05) is 63.2 Å². The van der Waals surface area contributed by atoms with Crippen molar-refractivity contribution in [2.45, 2.75) is 210 Å². The van der Waals surface area contributed by atoms with Gasteiger partial charge in [-0.3, -0.25) is 86.9 Å². The Labute approximate surface area is 656 Å². The number of aliphatic hydroxyl groups is 1. The number of aromatic hydroxyl groups is 1. The summed E-state index contributed by atoms with van der Waals surface area (Å²) in [7, 11) is 0. The van der Waals surface area contributed by atoms with Crippen molar-refractivity contribution in [3.8, 4) is 5.75 Å². The summed E-state index contributed by atoms with van der Waals surface area (Å²) < 4.78 is 0. The van der Waals surface area contributed by atoms with Gasteiger partial charge in [-0.15, -0.1) is 0 Å². The maximum absolute atomic E-state index is 14.6. The monoisotopic (exact) mass is 1600 g/mol. The number of carboxylic acid groups (broad SMARTS) is 1. The van der Waals surface area contributed by atoms with Crippen LogP contribution in [-0.2, 0) is 101 Å². The zero-order valence-corrected chi connectivity index (χ0v) is 64.4. The van der Waals surface area contributed by atoms with E-state index in [2.05, 4.69) is 84.4 Å². The van der Waals surface area contributed by atoms with E-state index in [0.29, 0.717) is 30.4 Å². The van der Waals surface area contributed by atoms with E-state index in [0.717, 1.165) is 6.92 Å². The molecule has 1 fully saturated rings. The zero-order valence-electron chi connectivity index (χ0n) is 64.4. The summed E-state index contributed by atoms with van der Waals surface area (Å²) >= 11 is 0. The van der Waals surface area contributed by atoms with Gasteiger partial charge in [0.15, 0.2) is 5.96 Å². The molecule has 2 heterocycles. The minimum atomic E-state index is -1.87. The molecule has 0 spiro atoms. The molecule has 0 aliphatic carbocycles. The molecule has 114 heavy (non-hydrogen) atoms. The lowest BCUT2D eigenvalue weighted by Crippen LogP contribution is -2.61. The van der Waals surface area contributed by atoms with Gasteiger partial charge in [0.05, 0.1) is 31.6 Å². The molecule has 0 bridgehead atoms. The molecule has 4 rings (SSSR count). The lowest BCUT2D eigenvalue weighted by atomic mass is 9.99. The molecule has 16 amide bonds. The highest BCUT2D eigenvalue weighted by atomic mass is 16.4. The van der Waals surface area contributed by atoms with Gasteiger partial charge in [0.25, 0.3) is 0 Å². The Bertz CT molecular complexity index is 3830. The number of carboxylic acids is 1. The first-order chi connectivity index (χ1) is 53.9. The summed E-state index contributed by atoms with van der Waals surface area (Å²) in [5, 5.41) is 71.8. The molecular formula is C72H108N22O20. The topological polar surface area (TPSA) is 679 Å². The quantitative estimate of drug-likeness (QED) is 0.0142. The van der Waals surface area contributed by atoms with Crippen LogP contribution in [-0.4, -0.2) is 248 Å². The first-order valence-corrected chi connectivity index (χ1v) is 37.1. The first kappa shape index (κ1) is 94.0. The van der Waals surface area contributed by atoms with Gasteiger partial charge in [-0.05, 0) is 107 Å². The third-order valence-corrected chi connectivity index (χ3v) is 18.0. The number of unbranched alkanes of at least 4 members (excludes halogenated alkanes) is 1. The van der Waals surface area contributed by atoms with Crippen LogP contribution in [0.25, 0.3) is 0 Å². The van der Waals surface area contributed by atoms with E-state index in [1.54, 1.807) is 44.2 Å². The van der Waals surface area contributed by atoms with Gasteiger partial charge in [0, 0.05) is 51.9 Å². The van der Waals surface area contributed by atoms with Crippen LogP contribution in [0.2, 0.25) is 0 Å². The summed E-state index contributed by atoms with van der Waals surface area (Å²) in [4.78, 5) is 238. The molecule has 626 valence electrons. The fourth-order valence-corrected chi connectivity index (χ4v) is 11.8. The molecule has 1 aliphatic heterocycles.